The molecule has 20 heavy (non-hydrogen) atoms. The van der Waals surface area contributed by atoms with E-state index < -0.39 is 10.0 Å². The lowest BCUT2D eigenvalue weighted by Gasteiger charge is -2.14. The summed E-state index contributed by atoms with van der Waals surface area (Å²) >= 11 is 0. The zero-order valence-electron chi connectivity index (χ0n) is 11.9. The molecule has 3 N–H and O–H groups in total. The summed E-state index contributed by atoms with van der Waals surface area (Å²) in [6.45, 7) is 5.89. The van der Waals surface area contributed by atoms with E-state index in [4.69, 9.17) is 0 Å². The van der Waals surface area contributed by atoms with Crippen molar-refractivity contribution in [2.24, 2.45) is 0 Å². The number of para-hydroxylation sites is 1. The third kappa shape index (κ3) is 4.82. The van der Waals surface area contributed by atoms with E-state index in [0.717, 1.165) is 0 Å². The highest BCUT2D eigenvalue weighted by atomic mass is 32.2. The largest absolute Gasteiger partial charge is 0.375 e. The molecule has 7 heteroatoms. The summed E-state index contributed by atoms with van der Waals surface area (Å²) in [5.74, 6) is -0.184. The third-order valence-corrected chi connectivity index (χ3v) is 4.10. The Morgan fingerprint density at radius 2 is 1.90 bits per heavy atom. The summed E-state index contributed by atoms with van der Waals surface area (Å²) in [5.41, 5.74) is 0.409. The Bertz CT molecular complexity index is 556. The van der Waals surface area contributed by atoms with Gasteiger partial charge in [-0.25, -0.2) is 13.1 Å². The molecule has 0 unspecified atom stereocenters. The minimum atomic E-state index is -3.59. The summed E-state index contributed by atoms with van der Waals surface area (Å²) in [6.07, 6.45) is 0. The number of carbonyl (C=O) groups is 1. The van der Waals surface area contributed by atoms with Crippen molar-refractivity contribution in [1.29, 1.82) is 0 Å². The van der Waals surface area contributed by atoms with Crippen LogP contribution in [0.2, 0.25) is 0 Å². The summed E-state index contributed by atoms with van der Waals surface area (Å²) < 4.78 is 26.9. The first-order valence-corrected chi connectivity index (χ1v) is 7.97. The fourth-order valence-corrected chi connectivity index (χ4v) is 3.09. The number of amides is 1. The molecule has 0 aromatic heterocycles. The van der Waals surface area contributed by atoms with Gasteiger partial charge < -0.3 is 10.6 Å². The van der Waals surface area contributed by atoms with Crippen molar-refractivity contribution in [3.63, 3.8) is 0 Å². The number of hydrogen-bond donors (Lipinski definition) is 3. The van der Waals surface area contributed by atoms with Gasteiger partial charge in [-0.3, -0.25) is 4.79 Å². The molecule has 1 aromatic rings. The van der Waals surface area contributed by atoms with Gasteiger partial charge in [-0.2, -0.15) is 0 Å². The molecule has 0 heterocycles. The molecular weight excluding hydrogens is 278 g/mol. The van der Waals surface area contributed by atoms with Crippen LogP contribution in [0.15, 0.2) is 29.2 Å². The molecular formula is C13H21N3O3S. The van der Waals surface area contributed by atoms with Crippen LogP contribution in [0.3, 0.4) is 0 Å². The second-order valence-corrected chi connectivity index (χ2v) is 6.26. The van der Waals surface area contributed by atoms with Gasteiger partial charge in [-0.15, -0.1) is 0 Å². The molecule has 0 radical (unpaired) electrons. The zero-order valence-corrected chi connectivity index (χ0v) is 12.8. The van der Waals surface area contributed by atoms with E-state index in [1.807, 2.05) is 6.92 Å². The van der Waals surface area contributed by atoms with Gasteiger partial charge >= 0.3 is 0 Å². The normalized spacial score (nSPS) is 11.4. The Hall–Kier alpha value is -1.60. The average molecular weight is 299 g/mol. The van der Waals surface area contributed by atoms with Gasteiger partial charge in [0, 0.05) is 12.6 Å². The molecule has 0 saturated carbocycles. The maximum absolute atomic E-state index is 12.2. The van der Waals surface area contributed by atoms with Crippen molar-refractivity contribution < 1.29 is 13.2 Å². The van der Waals surface area contributed by atoms with Crippen molar-refractivity contribution in [2.75, 3.05) is 18.4 Å². The molecule has 112 valence electrons. The molecule has 6 nitrogen and oxygen atoms in total. The van der Waals surface area contributed by atoms with Crippen molar-refractivity contribution in [2.45, 2.75) is 31.7 Å². The van der Waals surface area contributed by atoms with E-state index in [-0.39, 0.29) is 23.4 Å². The molecule has 0 aliphatic heterocycles. The van der Waals surface area contributed by atoms with Gasteiger partial charge in [0.05, 0.1) is 12.2 Å². The van der Waals surface area contributed by atoms with E-state index >= 15 is 0 Å². The van der Waals surface area contributed by atoms with E-state index in [0.29, 0.717) is 12.2 Å². The van der Waals surface area contributed by atoms with Crippen molar-refractivity contribution in [1.82, 2.24) is 10.0 Å². The molecule has 0 fully saturated rings. The maximum Gasteiger partial charge on any atom is 0.242 e. The first-order valence-electron chi connectivity index (χ1n) is 6.48. The molecule has 0 bridgehead atoms. The number of hydrogen-bond acceptors (Lipinski definition) is 4. The monoisotopic (exact) mass is 299 g/mol. The SMILES string of the molecule is CCNC(=O)CNc1ccccc1S(=O)(=O)NC(C)C. The highest BCUT2D eigenvalue weighted by Gasteiger charge is 2.19. The van der Waals surface area contributed by atoms with Crippen molar-refractivity contribution >= 4 is 21.6 Å². The highest BCUT2D eigenvalue weighted by Crippen LogP contribution is 2.20. The molecule has 0 atom stereocenters. The van der Waals surface area contributed by atoms with Crippen LogP contribution in [-0.2, 0) is 14.8 Å². The van der Waals surface area contributed by atoms with Crippen LogP contribution >= 0.6 is 0 Å². The number of nitrogens with one attached hydrogen (secondary N) is 3. The second kappa shape index (κ2) is 7.25. The Balaban J connectivity index is 2.91. The van der Waals surface area contributed by atoms with Crippen LogP contribution in [0.4, 0.5) is 5.69 Å². The highest BCUT2D eigenvalue weighted by molar-refractivity contribution is 7.89. The standard InChI is InChI=1S/C13H21N3O3S/c1-4-14-13(17)9-15-11-7-5-6-8-12(11)20(18,19)16-10(2)3/h5-8,10,15-16H,4,9H2,1-3H3,(H,14,17). The van der Waals surface area contributed by atoms with Crippen LogP contribution in [0, 0.1) is 0 Å². The van der Waals surface area contributed by atoms with Gasteiger partial charge in [0.2, 0.25) is 15.9 Å². The van der Waals surface area contributed by atoms with E-state index in [9.17, 15) is 13.2 Å². The predicted octanol–water partition coefficient (Wildman–Crippen LogP) is 0.921. The van der Waals surface area contributed by atoms with Gasteiger partial charge in [0.15, 0.2) is 0 Å². The van der Waals surface area contributed by atoms with E-state index in [1.165, 1.54) is 6.07 Å². The average Bonchev–Trinajstić information content (AvgIpc) is 2.35. The number of benzene rings is 1. The molecule has 0 spiro atoms. The van der Waals surface area contributed by atoms with Crippen LogP contribution in [0.5, 0.6) is 0 Å². The molecule has 0 aliphatic carbocycles. The van der Waals surface area contributed by atoms with Crippen LogP contribution < -0.4 is 15.4 Å². The Morgan fingerprint density at radius 3 is 2.50 bits per heavy atom. The van der Waals surface area contributed by atoms with E-state index in [2.05, 4.69) is 15.4 Å². The van der Waals surface area contributed by atoms with Gasteiger partial charge in [0.1, 0.15) is 4.90 Å². The Kier molecular flexibility index (Phi) is 5.97. The second-order valence-electron chi connectivity index (χ2n) is 4.58. The first kappa shape index (κ1) is 16.5. The van der Waals surface area contributed by atoms with Crippen molar-refractivity contribution in [3.05, 3.63) is 24.3 Å². The number of anilines is 1. The minimum Gasteiger partial charge on any atom is -0.375 e. The quantitative estimate of drug-likeness (QED) is 0.699. The Morgan fingerprint density at radius 1 is 1.25 bits per heavy atom. The zero-order chi connectivity index (χ0) is 15.2. The van der Waals surface area contributed by atoms with Gasteiger partial charge in [0.25, 0.3) is 0 Å². The number of sulfonamides is 1. The molecule has 0 saturated heterocycles. The lowest BCUT2D eigenvalue weighted by atomic mass is 10.3. The lowest BCUT2D eigenvalue weighted by Crippen LogP contribution is -2.32. The number of likely N-dealkylation sites (N-methyl/N-ethyl adjacent to an activating group) is 1. The van der Waals surface area contributed by atoms with Crippen LogP contribution in [-0.4, -0.2) is 33.5 Å². The van der Waals surface area contributed by atoms with Gasteiger partial charge in [-0.05, 0) is 32.9 Å². The van der Waals surface area contributed by atoms with Crippen molar-refractivity contribution in [3.8, 4) is 0 Å². The fourth-order valence-electron chi connectivity index (χ4n) is 1.66. The van der Waals surface area contributed by atoms with Crippen LogP contribution in [0.1, 0.15) is 20.8 Å². The summed E-state index contributed by atoms with van der Waals surface area (Å²) in [5, 5.41) is 5.49. The molecule has 0 aliphatic rings. The summed E-state index contributed by atoms with van der Waals surface area (Å²) in [6, 6.07) is 6.30. The fraction of sp³-hybridized carbons (Fsp3) is 0.462. The summed E-state index contributed by atoms with van der Waals surface area (Å²) in [7, 11) is -3.59. The smallest absolute Gasteiger partial charge is 0.242 e. The predicted molar refractivity (Wildman–Crippen MR) is 79.1 cm³/mol. The molecule has 1 rings (SSSR count). The molecule has 1 amide bonds. The topological polar surface area (TPSA) is 87.3 Å². The molecule has 1 aromatic carbocycles. The number of carbonyl (C=O) groups excluding carboxylic acids is 1. The Labute approximate surface area is 120 Å². The van der Waals surface area contributed by atoms with Crippen LogP contribution in [0.25, 0.3) is 0 Å². The van der Waals surface area contributed by atoms with Gasteiger partial charge in [-0.1, -0.05) is 12.1 Å². The minimum absolute atomic E-state index is 0.0298. The summed E-state index contributed by atoms with van der Waals surface area (Å²) in [4.78, 5) is 11.6. The van der Waals surface area contributed by atoms with E-state index in [1.54, 1.807) is 32.0 Å². The third-order valence-electron chi connectivity index (χ3n) is 2.38. The lowest BCUT2D eigenvalue weighted by molar-refractivity contribution is -0.119. The first-order chi connectivity index (χ1) is 9.36. The maximum atomic E-state index is 12.2. The number of rotatable bonds is 7.